The van der Waals surface area contributed by atoms with Crippen LogP contribution in [0, 0.1) is 11.8 Å². The summed E-state index contributed by atoms with van der Waals surface area (Å²) in [5.74, 6) is 1.20. The number of unbranched alkanes of at least 4 members (excludes halogenated alkanes) is 2. The molecule has 0 saturated carbocycles. The fraction of sp³-hybridized carbons (Fsp3) is 0.429. The Hall–Kier alpha value is -10.3. The van der Waals surface area contributed by atoms with E-state index in [1.54, 1.807) is 97.5 Å². The molecule has 92 heavy (non-hydrogen) atoms. The number of anilines is 3. The van der Waals surface area contributed by atoms with Gasteiger partial charge >= 0.3 is 24.4 Å². The number of nitrogens with two attached hydrogens (primary N) is 1. The van der Waals surface area contributed by atoms with Gasteiger partial charge in [-0.3, -0.25) is 14.9 Å². The molecule has 494 valence electrons. The van der Waals surface area contributed by atoms with Crippen molar-refractivity contribution in [3.8, 4) is 34.3 Å². The summed E-state index contributed by atoms with van der Waals surface area (Å²) in [6, 6.07) is 27.9. The lowest BCUT2D eigenvalue weighted by molar-refractivity contribution is -0.128. The van der Waals surface area contributed by atoms with Crippen LogP contribution in [0.3, 0.4) is 0 Å². The molecule has 29 nitrogen and oxygen atoms in total. The zero-order valence-electron chi connectivity index (χ0n) is 54.0. The van der Waals surface area contributed by atoms with Gasteiger partial charge in [0.25, 0.3) is 0 Å². The van der Waals surface area contributed by atoms with Gasteiger partial charge in [-0.15, -0.1) is 40.8 Å². The van der Waals surface area contributed by atoms with E-state index in [1.165, 1.54) is 23.6 Å². The van der Waals surface area contributed by atoms with E-state index in [9.17, 15) is 38.4 Å². The minimum absolute atomic E-state index is 0.0320. The number of amides is 6. The van der Waals surface area contributed by atoms with Crippen LogP contribution in [-0.4, -0.2) is 159 Å². The average Bonchev–Trinajstić information content (AvgIpc) is 1.20. The first kappa shape index (κ1) is 74.1. The van der Waals surface area contributed by atoms with Crippen LogP contribution in [-0.2, 0) is 48.3 Å². The number of alkyl carbamates (subject to hydrolysis) is 1. The molecule has 0 saturated heterocycles. The van der Waals surface area contributed by atoms with Crippen LogP contribution in [0.2, 0.25) is 0 Å². The Balaban J connectivity index is 0.000000332. The monoisotopic (exact) mass is 1270 g/mol. The predicted octanol–water partition coefficient (Wildman–Crippen LogP) is 7.75. The van der Waals surface area contributed by atoms with Crippen molar-refractivity contribution in [3.05, 3.63) is 114 Å². The van der Waals surface area contributed by atoms with Gasteiger partial charge in [-0.1, -0.05) is 25.0 Å². The Morgan fingerprint density at radius 1 is 0.522 bits per heavy atom. The molecule has 0 radical (unpaired) electrons. The fourth-order valence-electron chi connectivity index (χ4n) is 8.22. The normalized spacial score (nSPS) is 11.2. The molecule has 2 heterocycles. The average molecular weight is 1270 g/mol. The standard InChI is InChI=1S/C30H38N8O6.C23H27N7O4.C10H20N2O2/c1-20(39)17-23(28(40)32-3)7-5-6-16-33-29(41)43-19-21-8-14-25(15-9-21)44-30(42)38(4)18-26-34-36-27(37-35-26)22-10-12-24(31-2)13-11-22;1-23(2,3)34-21(31)25-17-10-12-18(13-11-17)33-22(32)30(5)14-19-26-28-20(29-27-19)15-6-8-16(24-4)9-7-15;1-8(13)7-9(10(14)12-2)5-3-4-6-11/h8-15,23,31H,5-7,16-19H2,1-4H3,(H,32,40)(H,33,41);6-13,24H,14H2,1-5H3,(H,25,31);9H,3-7,11H2,1-2H3,(H,12,14). The zero-order valence-corrected chi connectivity index (χ0v) is 54.0. The first-order valence-corrected chi connectivity index (χ1v) is 29.7. The molecule has 0 bridgehead atoms. The van der Waals surface area contributed by atoms with Gasteiger partial charge in [-0.2, -0.15) is 0 Å². The number of benzene rings is 4. The number of aromatic nitrogens is 8. The van der Waals surface area contributed by atoms with Crippen molar-refractivity contribution >= 4 is 64.8 Å². The van der Waals surface area contributed by atoms with Crippen LogP contribution in [0.25, 0.3) is 22.8 Å². The first-order valence-electron chi connectivity index (χ1n) is 29.7. The Kier molecular flexibility index (Phi) is 31.4. The Bertz CT molecular complexity index is 3280. The van der Waals surface area contributed by atoms with E-state index >= 15 is 0 Å². The molecule has 6 amide bonds. The number of ether oxygens (including phenoxy) is 4. The summed E-state index contributed by atoms with van der Waals surface area (Å²) in [4.78, 5) is 96.9. The second-order valence-electron chi connectivity index (χ2n) is 21.9. The van der Waals surface area contributed by atoms with Crippen molar-refractivity contribution in [3.63, 3.8) is 0 Å². The van der Waals surface area contributed by atoms with Gasteiger partial charge in [0.1, 0.15) is 35.3 Å². The third kappa shape index (κ3) is 28.0. The minimum Gasteiger partial charge on any atom is -0.445 e. The number of carbonyl (C=O) groups is 8. The number of hydrogen-bond donors (Lipinski definition) is 7. The van der Waals surface area contributed by atoms with Crippen molar-refractivity contribution in [2.75, 3.05) is 71.3 Å². The van der Waals surface area contributed by atoms with Crippen molar-refractivity contribution < 1.29 is 57.3 Å². The Labute approximate surface area is 535 Å². The predicted molar refractivity (Wildman–Crippen MR) is 344 cm³/mol. The van der Waals surface area contributed by atoms with Crippen molar-refractivity contribution in [2.45, 2.75) is 111 Å². The van der Waals surface area contributed by atoms with Crippen LogP contribution in [0.4, 0.5) is 36.2 Å². The molecule has 6 aromatic rings. The maximum absolute atomic E-state index is 12.5. The molecule has 8 N–H and O–H groups in total. The molecular formula is C63H85N17O12. The first-order chi connectivity index (χ1) is 43.9. The maximum atomic E-state index is 12.5. The summed E-state index contributed by atoms with van der Waals surface area (Å²) in [5, 5.41) is 49.1. The lowest BCUT2D eigenvalue weighted by Crippen LogP contribution is -2.30. The molecule has 29 heteroatoms. The summed E-state index contributed by atoms with van der Waals surface area (Å²) in [6.45, 7) is 9.48. The number of rotatable bonds is 28. The van der Waals surface area contributed by atoms with Crippen molar-refractivity contribution in [1.82, 2.24) is 66.5 Å². The lowest BCUT2D eigenvalue weighted by Gasteiger charge is -2.19. The van der Waals surface area contributed by atoms with Gasteiger partial charge in [-0.25, -0.2) is 19.2 Å². The number of hydrogen-bond acceptors (Lipinski definition) is 23. The summed E-state index contributed by atoms with van der Waals surface area (Å²) >= 11 is 0. The molecule has 0 aliphatic rings. The number of nitrogens with zero attached hydrogens (tertiary/aromatic N) is 10. The van der Waals surface area contributed by atoms with Crippen LogP contribution < -0.4 is 47.1 Å². The van der Waals surface area contributed by atoms with E-state index < -0.39 is 30.0 Å². The molecule has 2 aromatic heterocycles. The molecule has 0 fully saturated rings. The van der Waals surface area contributed by atoms with Gasteiger partial charge in [-0.05, 0) is 157 Å². The highest BCUT2D eigenvalue weighted by molar-refractivity contribution is 5.86. The van der Waals surface area contributed by atoms with E-state index in [0.717, 1.165) is 41.8 Å². The lowest BCUT2D eigenvalue weighted by atomic mass is 9.95. The van der Waals surface area contributed by atoms with Gasteiger partial charge < -0.3 is 70.7 Å². The van der Waals surface area contributed by atoms with E-state index in [4.69, 9.17) is 24.7 Å². The van der Waals surface area contributed by atoms with Crippen LogP contribution in [0.15, 0.2) is 97.1 Å². The van der Waals surface area contributed by atoms with Crippen molar-refractivity contribution in [2.24, 2.45) is 17.6 Å². The quantitative estimate of drug-likeness (QED) is 0.0231. The number of Topliss-reactive ketones (excluding diaryl/α,β-unsaturated/α-hetero) is 2. The number of nitrogens with one attached hydrogen (secondary N) is 6. The van der Waals surface area contributed by atoms with Crippen LogP contribution >= 0.6 is 0 Å². The fourth-order valence-corrected chi connectivity index (χ4v) is 8.22. The van der Waals surface area contributed by atoms with Crippen LogP contribution in [0.5, 0.6) is 11.5 Å². The molecular weight excluding hydrogens is 1190 g/mol. The summed E-state index contributed by atoms with van der Waals surface area (Å²) < 4.78 is 21.2. The molecule has 2 atom stereocenters. The smallest absolute Gasteiger partial charge is 0.415 e. The Morgan fingerprint density at radius 3 is 1.30 bits per heavy atom. The SMILES string of the molecule is CNC(=O)C(CCCCN)CC(C)=O.CNC(=O)C(CCCCNC(=O)OCc1ccc(OC(=O)N(C)Cc2nnc(-c3ccc(NC)cc3)nn2)cc1)CC(C)=O.CNc1ccc(-c2nnc(CN(C)C(=O)Oc3ccc(NC(=O)OC(C)(C)C)cc3)nn2)cc1. The highest BCUT2D eigenvalue weighted by atomic mass is 16.6. The van der Waals surface area contributed by atoms with Gasteiger partial charge in [0, 0.05) is 102 Å². The van der Waals surface area contributed by atoms with Gasteiger partial charge in [0.05, 0.1) is 13.1 Å². The molecule has 0 spiro atoms. The molecule has 0 aliphatic carbocycles. The molecule has 6 rings (SSSR count). The van der Waals surface area contributed by atoms with E-state index in [1.807, 2.05) is 62.6 Å². The van der Waals surface area contributed by atoms with Crippen LogP contribution in [0.1, 0.15) is 103 Å². The maximum Gasteiger partial charge on any atom is 0.415 e. The Morgan fingerprint density at radius 2 is 0.924 bits per heavy atom. The summed E-state index contributed by atoms with van der Waals surface area (Å²) in [5.41, 5.74) is 9.44. The summed E-state index contributed by atoms with van der Waals surface area (Å²) in [6.07, 6.45) is 2.62. The molecule has 4 aromatic carbocycles. The second kappa shape index (κ2) is 38.9. The van der Waals surface area contributed by atoms with Gasteiger partial charge in [0.15, 0.2) is 11.6 Å². The summed E-state index contributed by atoms with van der Waals surface area (Å²) in [7, 11) is 9.91. The largest absolute Gasteiger partial charge is 0.445 e. The third-order valence-corrected chi connectivity index (χ3v) is 13.0. The highest BCUT2D eigenvalue weighted by Crippen LogP contribution is 2.22. The number of carbonyl (C=O) groups excluding carboxylic acids is 8. The third-order valence-electron chi connectivity index (χ3n) is 13.0. The minimum atomic E-state index is -0.619. The zero-order chi connectivity index (χ0) is 67.6. The topological polar surface area (TPSA) is 381 Å². The van der Waals surface area contributed by atoms with Crippen molar-refractivity contribution in [1.29, 1.82) is 0 Å². The van der Waals surface area contributed by atoms with E-state index in [0.29, 0.717) is 73.2 Å². The molecule has 0 aliphatic heterocycles. The second-order valence-corrected chi connectivity index (χ2v) is 21.9. The van der Waals surface area contributed by atoms with Gasteiger partial charge in [0.2, 0.25) is 23.5 Å². The number of ketones is 2. The highest BCUT2D eigenvalue weighted by Gasteiger charge is 2.22. The van der Waals surface area contributed by atoms with E-state index in [-0.39, 0.29) is 73.0 Å². The van der Waals surface area contributed by atoms with E-state index in [2.05, 4.69) is 72.7 Å². The molecule has 2 unspecified atom stereocenters.